The Morgan fingerprint density at radius 2 is 2.05 bits per heavy atom. The minimum Gasteiger partial charge on any atom is -0.374 e. The maximum atomic E-state index is 2.76. The third-order valence-corrected chi connectivity index (χ3v) is 5.76. The van der Waals surface area contributed by atoms with Gasteiger partial charge in [-0.15, -0.1) is 0 Å². The summed E-state index contributed by atoms with van der Waals surface area (Å²) < 4.78 is 0. The SMILES string of the molecule is CN1CCCc2cc(CN3CC[C@H]4CCC[C@H]43)ccc21. The molecule has 0 N–H and O–H groups in total. The third-order valence-electron chi connectivity index (χ3n) is 5.76. The molecule has 4 rings (SSSR count). The highest BCUT2D eigenvalue weighted by Crippen LogP contribution is 2.38. The van der Waals surface area contributed by atoms with E-state index in [9.17, 15) is 0 Å². The lowest BCUT2D eigenvalue weighted by molar-refractivity contribution is 0.233. The van der Waals surface area contributed by atoms with Crippen molar-refractivity contribution in [2.75, 3.05) is 25.0 Å². The molecule has 0 spiro atoms. The summed E-state index contributed by atoms with van der Waals surface area (Å²) in [6.07, 6.45) is 8.40. The fourth-order valence-corrected chi connectivity index (χ4v) is 4.70. The van der Waals surface area contributed by atoms with Gasteiger partial charge in [0.15, 0.2) is 0 Å². The molecule has 2 aliphatic heterocycles. The highest BCUT2D eigenvalue weighted by Gasteiger charge is 2.37. The molecule has 0 amide bonds. The van der Waals surface area contributed by atoms with Crippen molar-refractivity contribution in [1.29, 1.82) is 0 Å². The Morgan fingerprint density at radius 1 is 1.10 bits per heavy atom. The maximum Gasteiger partial charge on any atom is 0.0396 e. The van der Waals surface area contributed by atoms with E-state index < -0.39 is 0 Å². The minimum atomic E-state index is 0.897. The van der Waals surface area contributed by atoms with Crippen molar-refractivity contribution >= 4 is 5.69 Å². The van der Waals surface area contributed by atoms with Gasteiger partial charge in [-0.2, -0.15) is 0 Å². The van der Waals surface area contributed by atoms with E-state index in [1.54, 1.807) is 5.56 Å². The van der Waals surface area contributed by atoms with Crippen molar-refractivity contribution in [1.82, 2.24) is 4.90 Å². The van der Waals surface area contributed by atoms with E-state index in [1.165, 1.54) is 69.4 Å². The van der Waals surface area contributed by atoms with Crippen molar-refractivity contribution in [3.63, 3.8) is 0 Å². The molecule has 1 saturated carbocycles. The van der Waals surface area contributed by atoms with Crippen LogP contribution in [0, 0.1) is 5.92 Å². The smallest absolute Gasteiger partial charge is 0.0396 e. The van der Waals surface area contributed by atoms with Gasteiger partial charge in [-0.1, -0.05) is 18.6 Å². The highest BCUT2D eigenvalue weighted by atomic mass is 15.2. The summed E-state index contributed by atoms with van der Waals surface area (Å²) in [5, 5.41) is 0. The van der Waals surface area contributed by atoms with E-state index in [4.69, 9.17) is 0 Å². The van der Waals surface area contributed by atoms with E-state index in [1.807, 2.05) is 0 Å². The van der Waals surface area contributed by atoms with E-state index in [0.717, 1.165) is 12.0 Å². The summed E-state index contributed by atoms with van der Waals surface area (Å²) >= 11 is 0. The van der Waals surface area contributed by atoms with Crippen molar-refractivity contribution in [2.24, 2.45) is 5.92 Å². The molecule has 1 aromatic rings. The van der Waals surface area contributed by atoms with Crippen LogP contribution in [0.1, 0.15) is 43.2 Å². The molecule has 2 nitrogen and oxygen atoms in total. The molecule has 1 saturated heterocycles. The topological polar surface area (TPSA) is 6.48 Å². The summed E-state index contributed by atoms with van der Waals surface area (Å²) in [5.41, 5.74) is 4.56. The van der Waals surface area contributed by atoms with Crippen molar-refractivity contribution in [2.45, 2.75) is 51.1 Å². The number of likely N-dealkylation sites (tertiary alicyclic amines) is 1. The van der Waals surface area contributed by atoms with Crippen LogP contribution in [0.15, 0.2) is 18.2 Å². The summed E-state index contributed by atoms with van der Waals surface area (Å²) in [7, 11) is 2.22. The van der Waals surface area contributed by atoms with Crippen LogP contribution in [0.3, 0.4) is 0 Å². The summed E-state index contributed by atoms with van der Waals surface area (Å²) in [5.74, 6) is 1.01. The van der Waals surface area contributed by atoms with Crippen LogP contribution in [-0.4, -0.2) is 31.1 Å². The van der Waals surface area contributed by atoms with Gasteiger partial charge in [0.2, 0.25) is 0 Å². The van der Waals surface area contributed by atoms with Crippen LogP contribution in [0.25, 0.3) is 0 Å². The van der Waals surface area contributed by atoms with Gasteiger partial charge in [0.1, 0.15) is 0 Å². The van der Waals surface area contributed by atoms with Crippen molar-refractivity contribution in [3.05, 3.63) is 29.3 Å². The maximum absolute atomic E-state index is 2.76. The number of hydrogen-bond acceptors (Lipinski definition) is 2. The Balaban J connectivity index is 1.52. The second kappa shape index (κ2) is 5.07. The Hall–Kier alpha value is -1.02. The second-order valence-corrected chi connectivity index (χ2v) is 7.01. The van der Waals surface area contributed by atoms with Gasteiger partial charge >= 0.3 is 0 Å². The Kier molecular flexibility index (Phi) is 3.22. The zero-order valence-corrected chi connectivity index (χ0v) is 12.6. The number of aryl methyl sites for hydroxylation is 1. The zero-order chi connectivity index (χ0) is 13.5. The van der Waals surface area contributed by atoms with Gasteiger partial charge in [0.25, 0.3) is 0 Å². The Bertz CT molecular complexity index is 496. The zero-order valence-electron chi connectivity index (χ0n) is 12.6. The molecule has 0 radical (unpaired) electrons. The van der Waals surface area contributed by atoms with Gasteiger partial charge in [0, 0.05) is 31.9 Å². The quantitative estimate of drug-likeness (QED) is 0.812. The molecule has 0 bridgehead atoms. The van der Waals surface area contributed by atoms with Crippen molar-refractivity contribution < 1.29 is 0 Å². The first-order valence-electron chi connectivity index (χ1n) is 8.38. The summed E-state index contributed by atoms with van der Waals surface area (Å²) in [6.45, 7) is 3.71. The normalized spacial score (nSPS) is 29.6. The number of nitrogens with zero attached hydrogens (tertiary/aromatic N) is 2. The molecule has 0 aromatic heterocycles. The standard InChI is InChI=1S/C18H26N2/c1-19-10-3-5-16-12-14(7-8-17(16)19)13-20-11-9-15-4-2-6-18(15)20/h7-8,12,15,18H,2-6,9-11,13H2,1H3/t15-,18-/m1/s1. The lowest BCUT2D eigenvalue weighted by atomic mass is 9.99. The predicted octanol–water partition coefficient (Wildman–Crippen LogP) is 3.44. The fraction of sp³-hybridized carbons (Fsp3) is 0.667. The van der Waals surface area contributed by atoms with Gasteiger partial charge in [-0.3, -0.25) is 4.90 Å². The van der Waals surface area contributed by atoms with Crippen LogP contribution in [-0.2, 0) is 13.0 Å². The average molecular weight is 270 g/mol. The lowest BCUT2D eigenvalue weighted by Gasteiger charge is -2.29. The molecule has 3 aliphatic rings. The van der Waals surface area contributed by atoms with Crippen LogP contribution in [0.4, 0.5) is 5.69 Å². The number of fused-ring (bicyclic) bond motifs is 2. The molecule has 2 atom stereocenters. The summed E-state index contributed by atoms with van der Waals surface area (Å²) in [6, 6.07) is 8.09. The molecule has 108 valence electrons. The first-order chi connectivity index (χ1) is 9.81. The molecule has 2 fully saturated rings. The van der Waals surface area contributed by atoms with E-state index in [0.29, 0.717) is 0 Å². The Labute approximate surface area is 122 Å². The molecule has 20 heavy (non-hydrogen) atoms. The van der Waals surface area contributed by atoms with Gasteiger partial charge < -0.3 is 4.90 Å². The van der Waals surface area contributed by atoms with Gasteiger partial charge in [-0.05, 0) is 61.8 Å². The first-order valence-corrected chi connectivity index (χ1v) is 8.38. The Morgan fingerprint density at radius 3 is 3.00 bits per heavy atom. The van der Waals surface area contributed by atoms with E-state index in [2.05, 4.69) is 35.0 Å². The minimum absolute atomic E-state index is 0.897. The molecule has 2 heterocycles. The average Bonchev–Trinajstić information content (AvgIpc) is 3.04. The van der Waals surface area contributed by atoms with Crippen LogP contribution in [0.2, 0.25) is 0 Å². The third kappa shape index (κ3) is 2.14. The highest BCUT2D eigenvalue weighted by molar-refractivity contribution is 5.56. The number of hydrogen-bond donors (Lipinski definition) is 0. The number of rotatable bonds is 2. The van der Waals surface area contributed by atoms with E-state index in [-0.39, 0.29) is 0 Å². The number of benzene rings is 1. The van der Waals surface area contributed by atoms with Gasteiger partial charge in [0.05, 0.1) is 0 Å². The molecule has 1 aliphatic carbocycles. The van der Waals surface area contributed by atoms with E-state index >= 15 is 0 Å². The van der Waals surface area contributed by atoms with Crippen molar-refractivity contribution in [3.8, 4) is 0 Å². The molecular weight excluding hydrogens is 244 g/mol. The predicted molar refractivity (Wildman–Crippen MR) is 84.2 cm³/mol. The van der Waals surface area contributed by atoms with Crippen LogP contribution < -0.4 is 4.90 Å². The fourth-order valence-electron chi connectivity index (χ4n) is 4.70. The second-order valence-electron chi connectivity index (χ2n) is 7.01. The largest absolute Gasteiger partial charge is 0.374 e. The van der Waals surface area contributed by atoms with Crippen LogP contribution in [0.5, 0.6) is 0 Å². The van der Waals surface area contributed by atoms with Gasteiger partial charge in [-0.25, -0.2) is 0 Å². The lowest BCUT2D eigenvalue weighted by Crippen LogP contribution is -2.30. The molecule has 0 unspecified atom stereocenters. The number of anilines is 1. The first kappa shape index (κ1) is 12.7. The monoisotopic (exact) mass is 270 g/mol. The molecule has 1 aromatic carbocycles. The molecular formula is C18H26N2. The summed E-state index contributed by atoms with van der Waals surface area (Å²) in [4.78, 5) is 5.16. The molecule has 2 heteroatoms. The van der Waals surface area contributed by atoms with Crippen LogP contribution >= 0.6 is 0 Å².